The highest BCUT2D eigenvalue weighted by atomic mass is 35.5. The average Bonchev–Trinajstić information content (AvgIpc) is 2.63. The Balaban J connectivity index is 0.00000256. The second-order valence-corrected chi connectivity index (χ2v) is 5.63. The summed E-state index contributed by atoms with van der Waals surface area (Å²) in [7, 11) is 1.75. The van der Waals surface area contributed by atoms with Crippen LogP contribution in [-0.4, -0.2) is 24.5 Å². The highest BCUT2D eigenvalue weighted by molar-refractivity contribution is 7.09. The molecule has 4 nitrogen and oxygen atoms in total. The summed E-state index contributed by atoms with van der Waals surface area (Å²) in [5.41, 5.74) is 1.15. The van der Waals surface area contributed by atoms with Gasteiger partial charge in [-0.2, -0.15) is 0 Å². The Morgan fingerprint density at radius 3 is 2.59 bits per heavy atom. The van der Waals surface area contributed by atoms with Crippen LogP contribution >= 0.6 is 23.7 Å². The van der Waals surface area contributed by atoms with E-state index in [0.29, 0.717) is 13.1 Å². The van der Waals surface area contributed by atoms with E-state index in [9.17, 15) is 4.79 Å². The first-order valence-electron chi connectivity index (χ1n) is 5.29. The van der Waals surface area contributed by atoms with Crippen molar-refractivity contribution in [2.45, 2.75) is 32.7 Å². The number of thiazole rings is 1. The zero-order chi connectivity index (χ0) is 12.2. The number of likely N-dealkylation sites (N-methyl/N-ethyl adjacent to an activating group) is 1. The van der Waals surface area contributed by atoms with Crippen molar-refractivity contribution in [2.24, 2.45) is 0 Å². The third-order valence-electron chi connectivity index (χ3n) is 2.09. The zero-order valence-electron chi connectivity index (χ0n) is 10.7. The van der Waals surface area contributed by atoms with Crippen molar-refractivity contribution >= 4 is 29.7 Å². The summed E-state index contributed by atoms with van der Waals surface area (Å²) >= 11 is 1.59. The van der Waals surface area contributed by atoms with Gasteiger partial charge in [-0.1, -0.05) is 20.8 Å². The van der Waals surface area contributed by atoms with Gasteiger partial charge in [-0.15, -0.1) is 23.7 Å². The lowest BCUT2D eigenvalue weighted by Gasteiger charge is -2.14. The van der Waals surface area contributed by atoms with Gasteiger partial charge < -0.3 is 10.6 Å². The molecule has 0 atom stereocenters. The summed E-state index contributed by atoms with van der Waals surface area (Å²) in [5.74, 6) is -0.00462. The van der Waals surface area contributed by atoms with Gasteiger partial charge in [-0.05, 0) is 7.05 Å². The van der Waals surface area contributed by atoms with Gasteiger partial charge in [0, 0.05) is 10.8 Å². The van der Waals surface area contributed by atoms with Crippen molar-refractivity contribution in [2.75, 3.05) is 13.6 Å². The third kappa shape index (κ3) is 5.48. The van der Waals surface area contributed by atoms with E-state index in [-0.39, 0.29) is 23.7 Å². The SMILES string of the molecule is CNCC(=O)NCc1nc(C(C)(C)C)cs1.Cl. The number of hydrogen-bond acceptors (Lipinski definition) is 4. The number of halogens is 1. The molecule has 1 rings (SSSR count). The molecule has 0 spiro atoms. The summed E-state index contributed by atoms with van der Waals surface area (Å²) in [5, 5.41) is 8.62. The summed E-state index contributed by atoms with van der Waals surface area (Å²) in [6.07, 6.45) is 0. The molecule has 0 unspecified atom stereocenters. The Morgan fingerprint density at radius 1 is 1.47 bits per heavy atom. The fourth-order valence-corrected chi connectivity index (χ4v) is 2.09. The summed E-state index contributed by atoms with van der Waals surface area (Å²) in [6, 6.07) is 0. The molecular weight excluding hydrogens is 258 g/mol. The van der Waals surface area contributed by atoms with E-state index < -0.39 is 0 Å². The van der Waals surface area contributed by atoms with Crippen molar-refractivity contribution in [3.8, 4) is 0 Å². The quantitative estimate of drug-likeness (QED) is 0.881. The van der Waals surface area contributed by atoms with Gasteiger partial charge in [0.25, 0.3) is 0 Å². The number of rotatable bonds is 4. The van der Waals surface area contributed by atoms with Crippen LogP contribution in [0.15, 0.2) is 5.38 Å². The van der Waals surface area contributed by atoms with Gasteiger partial charge in [0.2, 0.25) is 5.91 Å². The lowest BCUT2D eigenvalue weighted by molar-refractivity contribution is -0.120. The Hall–Kier alpha value is -0.650. The van der Waals surface area contributed by atoms with E-state index >= 15 is 0 Å². The normalized spacial score (nSPS) is 10.8. The van der Waals surface area contributed by atoms with E-state index in [1.807, 2.05) is 0 Å². The van der Waals surface area contributed by atoms with Gasteiger partial charge in [0.05, 0.1) is 18.8 Å². The Morgan fingerprint density at radius 2 is 2.12 bits per heavy atom. The molecule has 1 heterocycles. The molecule has 1 amide bonds. The van der Waals surface area contributed by atoms with Crippen molar-refractivity contribution in [1.82, 2.24) is 15.6 Å². The predicted octanol–water partition coefficient (Wildman–Crippen LogP) is 1.70. The lowest BCUT2D eigenvalue weighted by atomic mass is 9.93. The second-order valence-electron chi connectivity index (χ2n) is 4.68. The van der Waals surface area contributed by atoms with Crippen molar-refractivity contribution in [3.63, 3.8) is 0 Å². The fraction of sp³-hybridized carbons (Fsp3) is 0.636. The molecule has 0 aliphatic rings. The van der Waals surface area contributed by atoms with E-state index in [0.717, 1.165) is 10.7 Å². The molecule has 0 fully saturated rings. The molecule has 6 heteroatoms. The minimum atomic E-state index is -0.00462. The Bertz CT molecular complexity index is 360. The molecule has 98 valence electrons. The Labute approximate surface area is 113 Å². The van der Waals surface area contributed by atoms with Crippen molar-refractivity contribution in [1.29, 1.82) is 0 Å². The number of aromatic nitrogens is 1. The van der Waals surface area contributed by atoms with Crippen LogP contribution in [0, 0.1) is 0 Å². The summed E-state index contributed by atoms with van der Waals surface area (Å²) < 4.78 is 0. The monoisotopic (exact) mass is 277 g/mol. The predicted molar refractivity (Wildman–Crippen MR) is 73.8 cm³/mol. The van der Waals surface area contributed by atoms with Crippen LogP contribution in [0.5, 0.6) is 0 Å². The molecule has 0 bridgehead atoms. The standard InChI is InChI=1S/C11H19N3OS.ClH/c1-11(2,3)8-7-16-10(14-8)6-13-9(15)5-12-4;/h7,12H,5-6H2,1-4H3,(H,13,15);1H. The van der Waals surface area contributed by atoms with Gasteiger partial charge in [-0.3, -0.25) is 4.79 Å². The molecule has 0 aliphatic carbocycles. The van der Waals surface area contributed by atoms with E-state index in [1.54, 1.807) is 18.4 Å². The molecular formula is C11H20ClN3OS. The molecule has 0 saturated carbocycles. The first kappa shape index (κ1) is 16.4. The van der Waals surface area contributed by atoms with Crippen LogP contribution in [0.4, 0.5) is 0 Å². The molecule has 1 aromatic rings. The maximum Gasteiger partial charge on any atom is 0.234 e. The largest absolute Gasteiger partial charge is 0.348 e. The molecule has 17 heavy (non-hydrogen) atoms. The smallest absolute Gasteiger partial charge is 0.234 e. The number of amides is 1. The first-order chi connectivity index (χ1) is 7.43. The molecule has 2 N–H and O–H groups in total. The third-order valence-corrected chi connectivity index (χ3v) is 2.94. The molecule has 0 saturated heterocycles. The van der Waals surface area contributed by atoms with Crippen LogP contribution in [0.2, 0.25) is 0 Å². The van der Waals surface area contributed by atoms with Gasteiger partial charge >= 0.3 is 0 Å². The number of carbonyl (C=O) groups excluding carboxylic acids is 1. The van der Waals surface area contributed by atoms with Gasteiger partial charge in [0.15, 0.2) is 0 Å². The zero-order valence-corrected chi connectivity index (χ0v) is 12.3. The molecule has 0 aliphatic heterocycles. The number of hydrogen-bond donors (Lipinski definition) is 2. The first-order valence-corrected chi connectivity index (χ1v) is 6.17. The van der Waals surface area contributed by atoms with Crippen LogP contribution in [-0.2, 0) is 16.8 Å². The number of nitrogens with zero attached hydrogens (tertiary/aromatic N) is 1. The van der Waals surface area contributed by atoms with Gasteiger partial charge in [-0.25, -0.2) is 4.98 Å². The van der Waals surface area contributed by atoms with Crippen LogP contribution in [0.25, 0.3) is 0 Å². The second kappa shape index (κ2) is 6.93. The van der Waals surface area contributed by atoms with Crippen molar-refractivity contribution in [3.05, 3.63) is 16.1 Å². The minimum Gasteiger partial charge on any atom is -0.348 e. The molecule has 0 radical (unpaired) electrons. The number of carbonyl (C=O) groups is 1. The molecule has 0 aromatic carbocycles. The average molecular weight is 278 g/mol. The van der Waals surface area contributed by atoms with Crippen LogP contribution < -0.4 is 10.6 Å². The topological polar surface area (TPSA) is 54.0 Å². The van der Waals surface area contributed by atoms with E-state index in [2.05, 4.69) is 41.8 Å². The highest BCUT2D eigenvalue weighted by Crippen LogP contribution is 2.23. The van der Waals surface area contributed by atoms with Crippen LogP contribution in [0.1, 0.15) is 31.5 Å². The highest BCUT2D eigenvalue weighted by Gasteiger charge is 2.17. The summed E-state index contributed by atoms with van der Waals surface area (Å²) in [6.45, 7) is 7.25. The maximum atomic E-state index is 11.2. The van der Waals surface area contributed by atoms with Crippen LogP contribution in [0.3, 0.4) is 0 Å². The molecule has 1 aromatic heterocycles. The Kier molecular flexibility index (Phi) is 6.67. The summed E-state index contributed by atoms with van der Waals surface area (Å²) in [4.78, 5) is 15.7. The fourth-order valence-electron chi connectivity index (χ4n) is 1.13. The number of nitrogens with one attached hydrogen (secondary N) is 2. The maximum absolute atomic E-state index is 11.2. The lowest BCUT2D eigenvalue weighted by Crippen LogP contribution is -2.31. The van der Waals surface area contributed by atoms with E-state index in [4.69, 9.17) is 0 Å². The minimum absolute atomic E-state index is 0. The van der Waals surface area contributed by atoms with Gasteiger partial charge in [0.1, 0.15) is 5.01 Å². The van der Waals surface area contributed by atoms with E-state index in [1.165, 1.54) is 0 Å². The van der Waals surface area contributed by atoms with Crippen molar-refractivity contribution < 1.29 is 4.79 Å².